The molecule has 0 radical (unpaired) electrons. The van der Waals surface area contributed by atoms with Crippen molar-refractivity contribution in [1.29, 1.82) is 0 Å². The Morgan fingerprint density at radius 1 is 1.03 bits per heavy atom. The summed E-state index contributed by atoms with van der Waals surface area (Å²) < 4.78 is 7.08. The molecule has 6 nitrogen and oxygen atoms in total. The molecule has 0 saturated carbocycles. The summed E-state index contributed by atoms with van der Waals surface area (Å²) in [5, 5.41) is 0. The largest absolute Gasteiger partial charge is 0.460 e. The zero-order chi connectivity index (χ0) is 20.5. The number of nitrogens with zero attached hydrogens (tertiary/aromatic N) is 3. The molecule has 4 aromatic rings. The lowest BCUT2D eigenvalue weighted by molar-refractivity contribution is 0.223. The summed E-state index contributed by atoms with van der Waals surface area (Å²) in [6.45, 7) is 2.04. The molecule has 0 fully saturated rings. The van der Waals surface area contributed by atoms with Gasteiger partial charge in [-0.3, -0.25) is 14.7 Å². The van der Waals surface area contributed by atoms with Crippen molar-refractivity contribution in [2.24, 2.45) is 0 Å². The first-order valence-corrected chi connectivity index (χ1v) is 10.5. The maximum absolute atomic E-state index is 12.7. The van der Waals surface area contributed by atoms with Gasteiger partial charge in [0.15, 0.2) is 0 Å². The Bertz CT molecular complexity index is 1230. The number of benzene rings is 1. The highest BCUT2D eigenvalue weighted by Crippen LogP contribution is 2.26. The molecule has 4 heterocycles. The fourth-order valence-corrected chi connectivity index (χ4v) is 3.98. The van der Waals surface area contributed by atoms with Crippen LogP contribution in [0.2, 0.25) is 0 Å². The van der Waals surface area contributed by atoms with Gasteiger partial charge in [-0.1, -0.05) is 28.1 Å². The van der Waals surface area contributed by atoms with E-state index in [-0.39, 0.29) is 5.56 Å². The lowest BCUT2D eigenvalue weighted by Crippen LogP contribution is -2.35. The lowest BCUT2D eigenvalue weighted by atomic mass is 10.1. The number of hydrogen-bond donors (Lipinski definition) is 1. The fourth-order valence-electron chi connectivity index (χ4n) is 3.71. The molecule has 1 aromatic carbocycles. The summed E-state index contributed by atoms with van der Waals surface area (Å²) in [7, 11) is 0. The molecule has 0 atom stereocenters. The van der Waals surface area contributed by atoms with Crippen molar-refractivity contribution in [3.63, 3.8) is 0 Å². The molecule has 1 aliphatic rings. The van der Waals surface area contributed by atoms with Gasteiger partial charge in [0.05, 0.1) is 17.8 Å². The predicted octanol–water partition coefficient (Wildman–Crippen LogP) is 4.41. The van der Waals surface area contributed by atoms with E-state index in [1.54, 1.807) is 12.4 Å². The Morgan fingerprint density at radius 2 is 1.83 bits per heavy atom. The summed E-state index contributed by atoms with van der Waals surface area (Å²) in [6, 6.07) is 15.7. The number of pyridine rings is 1. The fraction of sp³-hybridized carbons (Fsp3) is 0.174. The Balaban J connectivity index is 1.33. The summed E-state index contributed by atoms with van der Waals surface area (Å²) in [5.41, 5.74) is 3.43. The molecule has 5 rings (SSSR count). The van der Waals surface area contributed by atoms with E-state index < -0.39 is 0 Å². The minimum absolute atomic E-state index is 0.0773. The molecule has 1 N–H and O–H groups in total. The second-order valence-electron chi connectivity index (χ2n) is 7.31. The van der Waals surface area contributed by atoms with Gasteiger partial charge >= 0.3 is 0 Å². The summed E-state index contributed by atoms with van der Waals surface area (Å²) in [5.74, 6) is 2.32. The van der Waals surface area contributed by atoms with Gasteiger partial charge in [-0.15, -0.1) is 0 Å². The molecular formula is C23H19BrN4O2. The Morgan fingerprint density at radius 3 is 2.63 bits per heavy atom. The molecule has 30 heavy (non-hydrogen) atoms. The number of aromatic amines is 1. The average Bonchev–Trinajstić information content (AvgIpc) is 3.23. The van der Waals surface area contributed by atoms with Crippen LogP contribution in [0.4, 0.5) is 0 Å². The van der Waals surface area contributed by atoms with E-state index in [4.69, 9.17) is 9.40 Å². The molecule has 150 valence electrons. The monoisotopic (exact) mass is 462 g/mol. The Labute approximate surface area is 181 Å². The van der Waals surface area contributed by atoms with E-state index in [1.165, 1.54) is 0 Å². The minimum Gasteiger partial charge on any atom is -0.460 e. The van der Waals surface area contributed by atoms with Gasteiger partial charge in [0.1, 0.15) is 17.3 Å². The van der Waals surface area contributed by atoms with E-state index in [0.29, 0.717) is 18.9 Å². The first kappa shape index (κ1) is 19.0. The zero-order valence-electron chi connectivity index (χ0n) is 16.1. The van der Waals surface area contributed by atoms with Crippen LogP contribution in [0.1, 0.15) is 17.0 Å². The van der Waals surface area contributed by atoms with Crippen molar-refractivity contribution in [2.75, 3.05) is 6.54 Å². The molecule has 0 amide bonds. The van der Waals surface area contributed by atoms with Gasteiger partial charge < -0.3 is 9.40 Å². The maximum atomic E-state index is 12.7. The number of fused-ring (bicyclic) bond motifs is 1. The smallest absolute Gasteiger partial charge is 0.255 e. The molecule has 0 bridgehead atoms. The first-order chi connectivity index (χ1) is 14.7. The Hall–Kier alpha value is -3.03. The van der Waals surface area contributed by atoms with E-state index in [1.807, 2.05) is 48.5 Å². The number of halogens is 1. The van der Waals surface area contributed by atoms with Gasteiger partial charge in [0.2, 0.25) is 0 Å². The average molecular weight is 463 g/mol. The van der Waals surface area contributed by atoms with Crippen LogP contribution in [0.25, 0.3) is 22.7 Å². The highest BCUT2D eigenvalue weighted by atomic mass is 79.9. The number of aromatic nitrogens is 3. The van der Waals surface area contributed by atoms with Crippen LogP contribution in [0.3, 0.4) is 0 Å². The molecule has 0 saturated heterocycles. The third-order valence-corrected chi connectivity index (χ3v) is 5.80. The van der Waals surface area contributed by atoms with Gasteiger partial charge in [0, 0.05) is 47.5 Å². The zero-order valence-corrected chi connectivity index (χ0v) is 17.7. The third-order valence-electron chi connectivity index (χ3n) is 5.27. The van der Waals surface area contributed by atoms with Crippen LogP contribution in [-0.4, -0.2) is 26.4 Å². The topological polar surface area (TPSA) is 75.0 Å². The number of hydrogen-bond acceptors (Lipinski definition) is 5. The van der Waals surface area contributed by atoms with Gasteiger partial charge in [0.25, 0.3) is 5.56 Å². The van der Waals surface area contributed by atoms with Crippen LogP contribution in [0.5, 0.6) is 0 Å². The SMILES string of the molecule is O=c1[nH]c(-c2ccncc2)nc2c1CN(Cc1ccc(-c3ccc(Br)cc3)o1)CC2. The van der Waals surface area contributed by atoms with E-state index in [2.05, 4.69) is 30.8 Å². The highest BCUT2D eigenvalue weighted by molar-refractivity contribution is 9.10. The third kappa shape index (κ3) is 3.86. The van der Waals surface area contributed by atoms with Crippen LogP contribution in [-0.2, 0) is 19.5 Å². The van der Waals surface area contributed by atoms with Crippen molar-refractivity contribution in [3.05, 3.63) is 92.8 Å². The second kappa shape index (κ2) is 8.01. The number of furan rings is 1. The number of nitrogens with one attached hydrogen (secondary N) is 1. The molecule has 1 aliphatic heterocycles. The molecular weight excluding hydrogens is 444 g/mol. The highest BCUT2D eigenvalue weighted by Gasteiger charge is 2.22. The number of rotatable bonds is 4. The molecule has 0 spiro atoms. The van der Waals surface area contributed by atoms with Gasteiger partial charge in [-0.2, -0.15) is 0 Å². The second-order valence-corrected chi connectivity index (χ2v) is 8.22. The normalized spacial score (nSPS) is 13.9. The Kier molecular flexibility index (Phi) is 5.06. The molecule has 3 aromatic heterocycles. The molecule has 0 unspecified atom stereocenters. The van der Waals surface area contributed by atoms with Crippen LogP contribution in [0.15, 0.2) is 74.6 Å². The van der Waals surface area contributed by atoms with Crippen molar-refractivity contribution in [2.45, 2.75) is 19.5 Å². The van der Waals surface area contributed by atoms with E-state index in [9.17, 15) is 4.79 Å². The summed E-state index contributed by atoms with van der Waals surface area (Å²) >= 11 is 3.45. The quantitative estimate of drug-likeness (QED) is 0.485. The minimum atomic E-state index is -0.0773. The summed E-state index contributed by atoms with van der Waals surface area (Å²) in [4.78, 5) is 26.6. The van der Waals surface area contributed by atoms with Crippen LogP contribution >= 0.6 is 15.9 Å². The number of H-pyrrole nitrogens is 1. The maximum Gasteiger partial charge on any atom is 0.255 e. The van der Waals surface area contributed by atoms with Crippen molar-refractivity contribution in [1.82, 2.24) is 19.9 Å². The van der Waals surface area contributed by atoms with E-state index >= 15 is 0 Å². The van der Waals surface area contributed by atoms with E-state index in [0.717, 1.165) is 51.3 Å². The van der Waals surface area contributed by atoms with Crippen LogP contribution in [0, 0.1) is 0 Å². The predicted molar refractivity (Wildman–Crippen MR) is 118 cm³/mol. The molecule has 7 heteroatoms. The standard InChI is InChI=1S/C23H19BrN4O2/c24-17-3-1-15(2-4-17)21-6-5-18(30-21)13-28-12-9-20-19(14-28)23(29)27-22(26-20)16-7-10-25-11-8-16/h1-8,10-11H,9,12-14H2,(H,26,27,29). The van der Waals surface area contributed by atoms with Gasteiger partial charge in [-0.05, 0) is 36.4 Å². The van der Waals surface area contributed by atoms with Gasteiger partial charge in [-0.25, -0.2) is 4.98 Å². The summed E-state index contributed by atoms with van der Waals surface area (Å²) in [6.07, 6.45) is 4.13. The van der Waals surface area contributed by atoms with Crippen molar-refractivity contribution >= 4 is 15.9 Å². The first-order valence-electron chi connectivity index (χ1n) is 9.75. The lowest BCUT2D eigenvalue weighted by Gasteiger charge is -2.26. The van der Waals surface area contributed by atoms with Crippen LogP contribution < -0.4 is 5.56 Å². The van der Waals surface area contributed by atoms with Crippen molar-refractivity contribution < 1.29 is 4.42 Å². The molecule has 0 aliphatic carbocycles. The van der Waals surface area contributed by atoms with Crippen molar-refractivity contribution in [3.8, 4) is 22.7 Å².